The second-order valence-electron chi connectivity index (χ2n) is 5.05. The normalized spacial score (nSPS) is 10.5. The van der Waals surface area contributed by atoms with Gasteiger partial charge in [-0.25, -0.2) is 4.98 Å². The summed E-state index contributed by atoms with van der Waals surface area (Å²) in [5.74, 6) is -0.139. The lowest BCUT2D eigenvalue weighted by Crippen LogP contribution is -2.33. The minimum atomic E-state index is -0.139. The van der Waals surface area contributed by atoms with Gasteiger partial charge in [-0.3, -0.25) is 9.69 Å². The summed E-state index contributed by atoms with van der Waals surface area (Å²) in [5, 5.41) is 4.31. The van der Waals surface area contributed by atoms with Crippen LogP contribution in [0.15, 0.2) is 24.4 Å². The summed E-state index contributed by atoms with van der Waals surface area (Å²) in [6, 6.07) is 4.97. The number of hydrogen-bond donors (Lipinski definition) is 2. The Labute approximate surface area is 161 Å². The number of rotatable bonds is 7. The quantitative estimate of drug-likeness (QED) is 0.715. The molecule has 0 saturated heterocycles. The Morgan fingerprint density at radius 2 is 2.17 bits per heavy atom. The number of carbonyl (C=O) groups is 1. The van der Waals surface area contributed by atoms with Gasteiger partial charge in [-0.05, 0) is 31.2 Å². The van der Waals surface area contributed by atoms with E-state index in [9.17, 15) is 4.79 Å². The molecular formula is C15H19Cl3N4OS. The Kier molecular flexibility index (Phi) is 8.80. The van der Waals surface area contributed by atoms with Crippen LogP contribution in [0.2, 0.25) is 10.0 Å². The van der Waals surface area contributed by atoms with Crippen LogP contribution in [0.4, 0.5) is 10.8 Å². The molecule has 24 heavy (non-hydrogen) atoms. The molecule has 0 bridgehead atoms. The van der Waals surface area contributed by atoms with E-state index in [0.29, 0.717) is 27.4 Å². The second-order valence-corrected chi connectivity index (χ2v) is 7.04. The van der Waals surface area contributed by atoms with Gasteiger partial charge in [0.15, 0.2) is 5.13 Å². The van der Waals surface area contributed by atoms with Crippen LogP contribution in [-0.4, -0.2) is 28.9 Å². The number of nitrogen functional groups attached to an aromatic ring is 1. The van der Waals surface area contributed by atoms with E-state index in [1.165, 1.54) is 11.3 Å². The van der Waals surface area contributed by atoms with Crippen LogP contribution in [0.25, 0.3) is 0 Å². The first kappa shape index (κ1) is 21.0. The monoisotopic (exact) mass is 408 g/mol. The van der Waals surface area contributed by atoms with Gasteiger partial charge in [-0.2, -0.15) is 0 Å². The predicted molar refractivity (Wildman–Crippen MR) is 104 cm³/mol. The summed E-state index contributed by atoms with van der Waals surface area (Å²) in [6.07, 6.45) is 2.69. The lowest BCUT2D eigenvalue weighted by atomic mass is 10.3. The first-order valence-electron chi connectivity index (χ1n) is 7.15. The van der Waals surface area contributed by atoms with Crippen molar-refractivity contribution >= 4 is 63.7 Å². The number of amides is 1. The number of aromatic nitrogens is 1. The second kappa shape index (κ2) is 10.1. The maximum Gasteiger partial charge on any atom is 0.238 e. The molecule has 0 aliphatic rings. The van der Waals surface area contributed by atoms with E-state index < -0.39 is 0 Å². The fourth-order valence-corrected chi connectivity index (χ4v) is 3.20. The molecule has 3 N–H and O–H groups in total. The van der Waals surface area contributed by atoms with Crippen molar-refractivity contribution in [2.45, 2.75) is 19.9 Å². The minimum Gasteiger partial charge on any atom is -0.375 e. The molecule has 0 saturated carbocycles. The SMILES string of the molecule is CCCN(CC(=O)Nc1cc(Cl)ccc1Cl)Cc1cnc(N)s1.Cl. The largest absolute Gasteiger partial charge is 0.375 e. The molecule has 2 rings (SSSR count). The number of thiazole rings is 1. The topological polar surface area (TPSA) is 71.2 Å². The molecule has 1 heterocycles. The van der Waals surface area contributed by atoms with Crippen molar-refractivity contribution in [2.75, 3.05) is 24.1 Å². The van der Waals surface area contributed by atoms with Crippen molar-refractivity contribution in [3.05, 3.63) is 39.3 Å². The van der Waals surface area contributed by atoms with Crippen molar-refractivity contribution < 1.29 is 4.79 Å². The summed E-state index contributed by atoms with van der Waals surface area (Å²) >= 11 is 13.4. The van der Waals surface area contributed by atoms with Crippen LogP contribution in [0.5, 0.6) is 0 Å². The number of halogens is 3. The third kappa shape index (κ3) is 6.45. The molecular weight excluding hydrogens is 391 g/mol. The van der Waals surface area contributed by atoms with Gasteiger partial charge in [0.25, 0.3) is 0 Å². The van der Waals surface area contributed by atoms with E-state index in [2.05, 4.69) is 17.2 Å². The van der Waals surface area contributed by atoms with E-state index >= 15 is 0 Å². The van der Waals surface area contributed by atoms with Crippen molar-refractivity contribution in [3.63, 3.8) is 0 Å². The van der Waals surface area contributed by atoms with Gasteiger partial charge < -0.3 is 11.1 Å². The maximum absolute atomic E-state index is 12.3. The van der Waals surface area contributed by atoms with Gasteiger partial charge in [0.2, 0.25) is 5.91 Å². The number of carbonyl (C=O) groups excluding carboxylic acids is 1. The molecule has 0 unspecified atom stereocenters. The molecule has 1 aromatic heterocycles. The zero-order valence-corrected chi connectivity index (χ0v) is 16.2. The first-order valence-corrected chi connectivity index (χ1v) is 8.72. The van der Waals surface area contributed by atoms with Gasteiger partial charge in [-0.1, -0.05) is 30.1 Å². The first-order chi connectivity index (χ1) is 11.0. The average Bonchev–Trinajstić information content (AvgIpc) is 2.88. The number of nitrogens with one attached hydrogen (secondary N) is 1. The van der Waals surface area contributed by atoms with Gasteiger partial charge >= 0.3 is 0 Å². The van der Waals surface area contributed by atoms with Crippen LogP contribution in [0, 0.1) is 0 Å². The molecule has 0 radical (unpaired) electrons. The van der Waals surface area contributed by atoms with Crippen LogP contribution < -0.4 is 11.1 Å². The van der Waals surface area contributed by atoms with Crippen molar-refractivity contribution in [3.8, 4) is 0 Å². The average molecular weight is 410 g/mol. The Balaban J connectivity index is 0.00000288. The van der Waals surface area contributed by atoms with Crippen molar-refractivity contribution in [2.24, 2.45) is 0 Å². The summed E-state index contributed by atoms with van der Waals surface area (Å²) in [4.78, 5) is 19.4. The molecule has 2 aromatic rings. The van der Waals surface area contributed by atoms with Gasteiger partial charge in [0, 0.05) is 22.6 Å². The Hall–Kier alpha value is -1.05. The fourth-order valence-electron chi connectivity index (χ4n) is 2.13. The maximum atomic E-state index is 12.3. The van der Waals surface area contributed by atoms with Gasteiger partial charge in [0.05, 0.1) is 17.3 Å². The highest BCUT2D eigenvalue weighted by Crippen LogP contribution is 2.25. The van der Waals surface area contributed by atoms with Crippen molar-refractivity contribution in [1.82, 2.24) is 9.88 Å². The molecule has 1 aromatic carbocycles. The van der Waals surface area contributed by atoms with Gasteiger partial charge in [0.1, 0.15) is 0 Å². The smallest absolute Gasteiger partial charge is 0.238 e. The third-order valence-electron chi connectivity index (χ3n) is 3.06. The minimum absolute atomic E-state index is 0. The summed E-state index contributed by atoms with van der Waals surface area (Å²) < 4.78 is 0. The van der Waals surface area contributed by atoms with E-state index in [1.54, 1.807) is 24.4 Å². The van der Waals surface area contributed by atoms with E-state index in [4.69, 9.17) is 28.9 Å². The zero-order valence-electron chi connectivity index (χ0n) is 13.1. The Morgan fingerprint density at radius 1 is 1.42 bits per heavy atom. The van der Waals surface area contributed by atoms with Crippen LogP contribution in [0.3, 0.4) is 0 Å². The summed E-state index contributed by atoms with van der Waals surface area (Å²) in [6.45, 7) is 3.77. The number of anilines is 2. The molecule has 0 fully saturated rings. The number of nitrogens with zero attached hydrogens (tertiary/aromatic N) is 2. The van der Waals surface area contributed by atoms with Crippen molar-refractivity contribution in [1.29, 1.82) is 0 Å². The molecule has 0 atom stereocenters. The number of nitrogens with two attached hydrogens (primary N) is 1. The van der Waals surface area contributed by atoms with Crippen LogP contribution >= 0.6 is 46.9 Å². The molecule has 9 heteroatoms. The highest BCUT2D eigenvalue weighted by molar-refractivity contribution is 7.15. The summed E-state index contributed by atoms with van der Waals surface area (Å²) in [7, 11) is 0. The lowest BCUT2D eigenvalue weighted by molar-refractivity contribution is -0.117. The highest BCUT2D eigenvalue weighted by Gasteiger charge is 2.13. The van der Waals surface area contributed by atoms with Crippen LogP contribution in [0.1, 0.15) is 18.2 Å². The third-order valence-corrected chi connectivity index (χ3v) is 4.44. The van der Waals surface area contributed by atoms with E-state index in [-0.39, 0.29) is 24.9 Å². The standard InChI is InChI=1S/C15H18Cl2N4OS.ClH/c1-2-5-21(8-11-7-19-15(18)23-11)9-14(22)20-13-6-10(16)3-4-12(13)17;/h3-4,6-7H,2,5,8-9H2,1H3,(H2,18,19)(H,20,22);1H. The molecule has 5 nitrogen and oxygen atoms in total. The van der Waals surface area contributed by atoms with Crippen LogP contribution in [-0.2, 0) is 11.3 Å². The zero-order chi connectivity index (χ0) is 16.8. The van der Waals surface area contributed by atoms with E-state index in [1.807, 2.05) is 4.90 Å². The number of hydrogen-bond acceptors (Lipinski definition) is 5. The molecule has 0 aliphatic carbocycles. The molecule has 132 valence electrons. The molecule has 1 amide bonds. The van der Waals surface area contributed by atoms with E-state index in [0.717, 1.165) is 17.8 Å². The van der Waals surface area contributed by atoms with Gasteiger partial charge in [-0.15, -0.1) is 23.7 Å². The predicted octanol–water partition coefficient (Wildman–Crippen LogP) is 4.30. The molecule has 0 spiro atoms. The highest BCUT2D eigenvalue weighted by atomic mass is 35.5. The Bertz CT molecular complexity index is 680. The Morgan fingerprint density at radius 3 is 2.79 bits per heavy atom. The summed E-state index contributed by atoms with van der Waals surface area (Å²) in [5.41, 5.74) is 6.16. The lowest BCUT2D eigenvalue weighted by Gasteiger charge is -2.20. The fraction of sp³-hybridized carbons (Fsp3) is 0.333. The molecule has 0 aliphatic heterocycles. The number of benzene rings is 1.